The second-order valence-corrected chi connectivity index (χ2v) is 10.4. The first-order valence-electron chi connectivity index (χ1n) is 12.9. The van der Waals surface area contributed by atoms with Crippen molar-refractivity contribution >= 4 is 28.9 Å². The average molecular weight is 498 g/mol. The van der Waals surface area contributed by atoms with Crippen LogP contribution in [0.15, 0.2) is 24.5 Å². The molecule has 2 aliphatic heterocycles. The molecule has 2 aliphatic rings. The van der Waals surface area contributed by atoms with Crippen molar-refractivity contribution < 1.29 is 14.3 Å². The molecule has 0 radical (unpaired) electrons. The normalized spacial score (nSPS) is 19.2. The Morgan fingerprint density at radius 1 is 1.19 bits per heavy atom. The van der Waals surface area contributed by atoms with Gasteiger partial charge in [-0.15, -0.1) is 0 Å². The summed E-state index contributed by atoms with van der Waals surface area (Å²) in [5, 5.41) is 3.57. The predicted molar refractivity (Wildman–Crippen MR) is 140 cm³/mol. The Hall–Kier alpha value is -3.14. The summed E-state index contributed by atoms with van der Waals surface area (Å²) in [5.41, 5.74) is 2.91. The van der Waals surface area contributed by atoms with E-state index in [1.54, 1.807) is 15.9 Å². The highest BCUT2D eigenvalue weighted by molar-refractivity contribution is 5.88. The number of aryl methyl sites for hydroxylation is 1. The van der Waals surface area contributed by atoms with E-state index in [1.165, 1.54) is 0 Å². The van der Waals surface area contributed by atoms with Crippen LogP contribution in [0.1, 0.15) is 44.8 Å². The molecule has 0 spiro atoms. The number of carbonyl (C=O) groups excluding carboxylic acids is 2. The molecule has 2 amide bonds. The number of amides is 2. The zero-order chi connectivity index (χ0) is 25.8. The number of anilines is 1. The average Bonchev–Trinajstić information content (AvgIpc) is 3.46. The summed E-state index contributed by atoms with van der Waals surface area (Å²) in [5.74, 6) is 0.778. The van der Waals surface area contributed by atoms with Gasteiger partial charge in [-0.2, -0.15) is 0 Å². The van der Waals surface area contributed by atoms with Gasteiger partial charge in [-0.1, -0.05) is 6.08 Å². The highest BCUT2D eigenvalue weighted by Gasteiger charge is 2.31. The Morgan fingerprint density at radius 3 is 2.61 bits per heavy atom. The van der Waals surface area contributed by atoms with Gasteiger partial charge in [0.2, 0.25) is 5.91 Å². The number of nitrogens with zero attached hydrogens (tertiary/aromatic N) is 6. The first-order chi connectivity index (χ1) is 17.2. The van der Waals surface area contributed by atoms with Gasteiger partial charge in [0, 0.05) is 56.5 Å². The van der Waals surface area contributed by atoms with E-state index in [4.69, 9.17) is 9.72 Å². The van der Waals surface area contributed by atoms with Crippen LogP contribution in [-0.4, -0.2) is 100 Å². The smallest absolute Gasteiger partial charge is 0.410 e. The molecule has 36 heavy (non-hydrogen) atoms. The minimum atomic E-state index is -0.289. The SMILES string of the molecule is Cc1cc2c(ncn2C(C)C)c(NC2CCN(C(=O)O[C@H]3CCN(C(=O)/C=C/CN(C)C)C3)CC2)n1. The molecule has 2 saturated heterocycles. The van der Waals surface area contributed by atoms with E-state index >= 15 is 0 Å². The van der Waals surface area contributed by atoms with Crippen molar-refractivity contribution in [3.05, 3.63) is 30.2 Å². The summed E-state index contributed by atoms with van der Waals surface area (Å²) >= 11 is 0. The van der Waals surface area contributed by atoms with E-state index in [-0.39, 0.29) is 24.1 Å². The fourth-order valence-corrected chi connectivity index (χ4v) is 4.78. The zero-order valence-corrected chi connectivity index (χ0v) is 22.1. The summed E-state index contributed by atoms with van der Waals surface area (Å²) in [6, 6.07) is 2.61. The highest BCUT2D eigenvalue weighted by Crippen LogP contribution is 2.26. The Labute approximate surface area is 213 Å². The molecule has 4 heterocycles. The summed E-state index contributed by atoms with van der Waals surface area (Å²) in [4.78, 5) is 39.9. The maximum Gasteiger partial charge on any atom is 0.410 e. The minimum absolute atomic E-state index is 0.0284. The van der Waals surface area contributed by atoms with Crippen LogP contribution in [0.3, 0.4) is 0 Å². The van der Waals surface area contributed by atoms with Gasteiger partial charge in [0.1, 0.15) is 11.6 Å². The second-order valence-electron chi connectivity index (χ2n) is 10.4. The lowest BCUT2D eigenvalue weighted by molar-refractivity contribution is -0.125. The number of hydrogen-bond donors (Lipinski definition) is 1. The zero-order valence-electron chi connectivity index (χ0n) is 22.1. The standard InChI is InChI=1S/C26H39N7O3/c1-18(2)33-17-27-24-22(33)15-19(3)28-25(24)29-20-8-12-31(13-9-20)26(35)36-21-10-14-32(16-21)23(34)7-6-11-30(4)5/h6-7,15,17-18,20-21H,8-14,16H2,1-5H3,(H,28,29)/b7-6+/t21-/m0/s1. The summed E-state index contributed by atoms with van der Waals surface area (Å²) in [6.45, 7) is 9.30. The van der Waals surface area contributed by atoms with Gasteiger partial charge in [0.15, 0.2) is 5.82 Å². The van der Waals surface area contributed by atoms with Crippen LogP contribution in [0.25, 0.3) is 11.0 Å². The molecule has 0 unspecified atom stereocenters. The first kappa shape index (κ1) is 25.9. The molecule has 2 aromatic rings. The molecule has 0 aliphatic carbocycles. The van der Waals surface area contributed by atoms with Gasteiger partial charge in [0.25, 0.3) is 0 Å². The van der Waals surface area contributed by atoms with Crippen molar-refractivity contribution in [2.75, 3.05) is 52.1 Å². The maximum absolute atomic E-state index is 12.8. The summed E-state index contributed by atoms with van der Waals surface area (Å²) in [6.07, 6.45) is 7.08. The number of aromatic nitrogens is 3. The molecule has 10 nitrogen and oxygen atoms in total. The number of piperidine rings is 1. The minimum Gasteiger partial charge on any atom is -0.444 e. The lowest BCUT2D eigenvalue weighted by atomic mass is 10.1. The van der Waals surface area contributed by atoms with E-state index in [0.29, 0.717) is 38.6 Å². The molecule has 2 aromatic heterocycles. The number of carbonyl (C=O) groups is 2. The molecule has 0 bridgehead atoms. The molecule has 1 N–H and O–H groups in total. The number of hydrogen-bond acceptors (Lipinski definition) is 7. The molecule has 4 rings (SSSR count). The Bertz CT molecular complexity index is 1100. The third-order valence-electron chi connectivity index (χ3n) is 6.80. The van der Waals surface area contributed by atoms with Gasteiger partial charge >= 0.3 is 6.09 Å². The molecule has 10 heteroatoms. The second kappa shape index (κ2) is 11.3. The quantitative estimate of drug-likeness (QED) is 0.588. The number of pyridine rings is 1. The number of rotatable bonds is 7. The van der Waals surface area contributed by atoms with Crippen LogP contribution in [-0.2, 0) is 9.53 Å². The Morgan fingerprint density at radius 2 is 1.92 bits per heavy atom. The topological polar surface area (TPSA) is 95.8 Å². The number of likely N-dealkylation sites (tertiary alicyclic amines) is 2. The van der Waals surface area contributed by atoms with Gasteiger partial charge < -0.3 is 29.3 Å². The monoisotopic (exact) mass is 497 g/mol. The maximum atomic E-state index is 12.8. The number of imidazole rings is 1. The van der Waals surface area contributed by atoms with Gasteiger partial charge in [0.05, 0.1) is 18.4 Å². The van der Waals surface area contributed by atoms with E-state index in [2.05, 4.69) is 34.8 Å². The number of likely N-dealkylation sites (N-methyl/N-ethyl adjacent to an activating group) is 1. The molecule has 2 fully saturated rings. The molecule has 0 aromatic carbocycles. The van der Waals surface area contributed by atoms with Crippen molar-refractivity contribution in [2.24, 2.45) is 0 Å². The third kappa shape index (κ3) is 6.16. The highest BCUT2D eigenvalue weighted by atomic mass is 16.6. The third-order valence-corrected chi connectivity index (χ3v) is 6.80. The summed E-state index contributed by atoms with van der Waals surface area (Å²) < 4.78 is 7.90. The number of nitrogens with one attached hydrogen (secondary N) is 1. The van der Waals surface area contributed by atoms with Crippen molar-refractivity contribution in [3.63, 3.8) is 0 Å². The van der Waals surface area contributed by atoms with Crippen molar-refractivity contribution in [1.82, 2.24) is 29.2 Å². The fourth-order valence-electron chi connectivity index (χ4n) is 4.78. The van der Waals surface area contributed by atoms with Gasteiger partial charge in [-0.25, -0.2) is 14.8 Å². The van der Waals surface area contributed by atoms with Crippen LogP contribution in [0.2, 0.25) is 0 Å². The first-order valence-corrected chi connectivity index (χ1v) is 12.9. The van der Waals surface area contributed by atoms with Crippen LogP contribution < -0.4 is 5.32 Å². The van der Waals surface area contributed by atoms with E-state index in [9.17, 15) is 9.59 Å². The van der Waals surface area contributed by atoms with Crippen LogP contribution >= 0.6 is 0 Å². The molecule has 0 saturated carbocycles. The van der Waals surface area contributed by atoms with Gasteiger partial charge in [-0.05, 0) is 53.8 Å². The molecule has 196 valence electrons. The Balaban J connectivity index is 1.26. The number of fused-ring (bicyclic) bond motifs is 1. The van der Waals surface area contributed by atoms with Crippen LogP contribution in [0.4, 0.5) is 10.6 Å². The van der Waals surface area contributed by atoms with E-state index in [1.807, 2.05) is 38.3 Å². The largest absolute Gasteiger partial charge is 0.444 e. The lowest BCUT2D eigenvalue weighted by Crippen LogP contribution is -2.44. The lowest BCUT2D eigenvalue weighted by Gasteiger charge is -2.32. The number of ether oxygens (including phenoxy) is 1. The van der Waals surface area contributed by atoms with Crippen LogP contribution in [0, 0.1) is 6.92 Å². The molecular formula is C26H39N7O3. The van der Waals surface area contributed by atoms with E-state index < -0.39 is 0 Å². The van der Waals surface area contributed by atoms with Crippen molar-refractivity contribution in [1.29, 1.82) is 0 Å². The fraction of sp³-hybridized carbons (Fsp3) is 0.615. The van der Waals surface area contributed by atoms with Gasteiger partial charge in [-0.3, -0.25) is 4.79 Å². The van der Waals surface area contributed by atoms with Crippen molar-refractivity contribution in [3.8, 4) is 0 Å². The van der Waals surface area contributed by atoms with Crippen molar-refractivity contribution in [2.45, 2.75) is 58.2 Å². The summed E-state index contributed by atoms with van der Waals surface area (Å²) in [7, 11) is 3.92. The molecule has 1 atom stereocenters. The molecular weight excluding hydrogens is 458 g/mol. The Kier molecular flexibility index (Phi) is 8.13. The van der Waals surface area contributed by atoms with E-state index in [0.717, 1.165) is 41.9 Å². The predicted octanol–water partition coefficient (Wildman–Crippen LogP) is 3.05. The van der Waals surface area contributed by atoms with Crippen LogP contribution in [0.5, 0.6) is 0 Å².